The number of fused-ring (bicyclic) bond motifs is 1. The third-order valence-electron chi connectivity index (χ3n) is 4.63. The van der Waals surface area contributed by atoms with E-state index < -0.39 is 0 Å². The number of pyridine rings is 1. The first-order valence-electron chi connectivity index (χ1n) is 8.67. The molecule has 3 rings (SSSR count). The largest absolute Gasteiger partial charge is 0.309 e. The lowest BCUT2D eigenvalue weighted by Gasteiger charge is -2.17. The molecule has 0 saturated carbocycles. The number of carbonyl (C=O) groups excluding carboxylic acids is 2. The van der Waals surface area contributed by atoms with Gasteiger partial charge in [-0.1, -0.05) is 18.2 Å². The van der Waals surface area contributed by atoms with E-state index in [2.05, 4.69) is 30.2 Å². The minimum atomic E-state index is -0.176. The highest BCUT2D eigenvalue weighted by atomic mass is 16.2. The highest BCUT2D eigenvalue weighted by Crippen LogP contribution is 2.22. The maximum atomic E-state index is 12.3. The van der Waals surface area contributed by atoms with Gasteiger partial charge < -0.3 is 5.32 Å². The zero-order valence-electron chi connectivity index (χ0n) is 14.7. The van der Waals surface area contributed by atoms with E-state index in [-0.39, 0.29) is 17.9 Å². The van der Waals surface area contributed by atoms with Crippen LogP contribution in [0, 0.1) is 6.92 Å². The van der Waals surface area contributed by atoms with E-state index in [1.54, 1.807) is 30.5 Å². The van der Waals surface area contributed by atoms with Crippen LogP contribution in [-0.4, -0.2) is 34.3 Å². The van der Waals surface area contributed by atoms with Crippen molar-refractivity contribution >= 4 is 11.8 Å². The summed E-state index contributed by atoms with van der Waals surface area (Å²) in [5.41, 5.74) is 3.26. The molecule has 5 nitrogen and oxygen atoms in total. The Labute approximate surface area is 148 Å². The third-order valence-corrected chi connectivity index (χ3v) is 4.63. The molecule has 0 aliphatic carbocycles. The number of nitrogens with zero attached hydrogens (tertiary/aromatic N) is 2. The molecule has 5 heteroatoms. The Morgan fingerprint density at radius 3 is 2.40 bits per heavy atom. The van der Waals surface area contributed by atoms with Gasteiger partial charge in [-0.2, -0.15) is 0 Å². The van der Waals surface area contributed by atoms with Gasteiger partial charge in [-0.25, -0.2) is 0 Å². The molecule has 0 fully saturated rings. The molecular formula is C20H23N3O2. The lowest BCUT2D eigenvalue weighted by atomic mass is 10.1. The van der Waals surface area contributed by atoms with Gasteiger partial charge in [0, 0.05) is 25.3 Å². The maximum Gasteiger partial charge on any atom is 0.261 e. The maximum absolute atomic E-state index is 12.3. The molecule has 130 valence electrons. The number of imide groups is 1. The third kappa shape index (κ3) is 3.77. The highest BCUT2D eigenvalue weighted by Gasteiger charge is 2.34. The number of carbonyl (C=O) groups is 2. The molecule has 1 aliphatic heterocycles. The van der Waals surface area contributed by atoms with Crippen LogP contribution in [0.2, 0.25) is 0 Å². The van der Waals surface area contributed by atoms with Gasteiger partial charge in [0.15, 0.2) is 0 Å². The van der Waals surface area contributed by atoms with Gasteiger partial charge in [-0.05, 0) is 50.5 Å². The van der Waals surface area contributed by atoms with Gasteiger partial charge in [-0.3, -0.25) is 19.5 Å². The molecule has 1 unspecified atom stereocenters. The van der Waals surface area contributed by atoms with Crippen LogP contribution in [0.4, 0.5) is 0 Å². The molecule has 1 atom stereocenters. The monoisotopic (exact) mass is 337 g/mol. The van der Waals surface area contributed by atoms with Crippen LogP contribution >= 0.6 is 0 Å². The van der Waals surface area contributed by atoms with E-state index in [0.717, 1.165) is 25.1 Å². The van der Waals surface area contributed by atoms with Crippen molar-refractivity contribution in [3.05, 3.63) is 65.0 Å². The summed E-state index contributed by atoms with van der Waals surface area (Å²) in [6.07, 6.45) is 3.47. The first-order chi connectivity index (χ1) is 12.1. The van der Waals surface area contributed by atoms with Crippen LogP contribution in [0.1, 0.15) is 51.7 Å². The van der Waals surface area contributed by atoms with Gasteiger partial charge in [-0.15, -0.1) is 0 Å². The Hall–Kier alpha value is -2.53. The Bertz CT molecular complexity index is 753. The molecular weight excluding hydrogens is 314 g/mol. The SMILES string of the molecule is Cc1cccnc1CNC(C)CCCN1C(=O)c2ccccc2C1=O. The molecule has 0 spiro atoms. The van der Waals surface area contributed by atoms with Crippen molar-refractivity contribution in [2.75, 3.05) is 6.54 Å². The number of aromatic nitrogens is 1. The molecule has 2 amide bonds. The molecule has 0 bridgehead atoms. The van der Waals surface area contributed by atoms with Crippen LogP contribution in [0.25, 0.3) is 0 Å². The lowest BCUT2D eigenvalue weighted by molar-refractivity contribution is 0.0650. The summed E-state index contributed by atoms with van der Waals surface area (Å²) in [4.78, 5) is 30.4. The van der Waals surface area contributed by atoms with Crippen molar-refractivity contribution in [1.29, 1.82) is 0 Å². The summed E-state index contributed by atoms with van der Waals surface area (Å²) in [6.45, 7) is 5.35. The number of amides is 2. The zero-order valence-corrected chi connectivity index (χ0v) is 14.7. The van der Waals surface area contributed by atoms with E-state index in [1.807, 2.05) is 6.07 Å². The Kier molecular flexibility index (Phi) is 5.24. The molecule has 1 aromatic carbocycles. The summed E-state index contributed by atoms with van der Waals surface area (Å²) in [5.74, 6) is -0.351. The van der Waals surface area contributed by atoms with Crippen molar-refractivity contribution in [2.45, 2.75) is 39.3 Å². The fourth-order valence-electron chi connectivity index (χ4n) is 3.07. The second kappa shape index (κ2) is 7.57. The molecule has 1 aromatic heterocycles. The Morgan fingerprint density at radius 2 is 1.76 bits per heavy atom. The average molecular weight is 337 g/mol. The van der Waals surface area contributed by atoms with E-state index >= 15 is 0 Å². The summed E-state index contributed by atoms with van der Waals surface area (Å²) < 4.78 is 0. The fraction of sp³-hybridized carbons (Fsp3) is 0.350. The summed E-state index contributed by atoms with van der Waals surface area (Å²) in [6, 6.07) is 11.3. The first-order valence-corrected chi connectivity index (χ1v) is 8.67. The molecule has 0 radical (unpaired) electrons. The van der Waals surface area contributed by atoms with Crippen molar-refractivity contribution in [1.82, 2.24) is 15.2 Å². The number of benzene rings is 1. The minimum Gasteiger partial charge on any atom is -0.309 e. The molecule has 25 heavy (non-hydrogen) atoms. The standard InChI is InChI=1S/C20H23N3O2/c1-14-7-5-11-21-18(14)13-22-15(2)8-6-12-23-19(24)16-9-3-4-10-17(16)20(23)25/h3-5,7,9-11,15,22H,6,8,12-13H2,1-2H3. The van der Waals surface area contributed by atoms with Gasteiger partial charge >= 0.3 is 0 Å². The predicted octanol–water partition coefficient (Wildman–Crippen LogP) is 2.94. The zero-order chi connectivity index (χ0) is 17.8. The number of hydrogen-bond acceptors (Lipinski definition) is 4. The van der Waals surface area contributed by atoms with Crippen LogP contribution in [0.5, 0.6) is 0 Å². The second-order valence-corrected chi connectivity index (χ2v) is 6.50. The normalized spacial score (nSPS) is 14.7. The average Bonchev–Trinajstić information content (AvgIpc) is 2.86. The van der Waals surface area contributed by atoms with Gasteiger partial charge in [0.2, 0.25) is 0 Å². The number of nitrogens with one attached hydrogen (secondary N) is 1. The van der Waals surface area contributed by atoms with Crippen LogP contribution in [-0.2, 0) is 6.54 Å². The van der Waals surface area contributed by atoms with Crippen LogP contribution in [0.3, 0.4) is 0 Å². The second-order valence-electron chi connectivity index (χ2n) is 6.50. The minimum absolute atomic E-state index is 0.176. The van der Waals surface area contributed by atoms with Gasteiger partial charge in [0.05, 0.1) is 16.8 Å². The highest BCUT2D eigenvalue weighted by molar-refractivity contribution is 6.21. The Morgan fingerprint density at radius 1 is 1.08 bits per heavy atom. The number of rotatable bonds is 7. The molecule has 1 N–H and O–H groups in total. The first kappa shape index (κ1) is 17.3. The van der Waals surface area contributed by atoms with Crippen molar-refractivity contribution in [3.8, 4) is 0 Å². The number of hydrogen-bond donors (Lipinski definition) is 1. The molecule has 0 saturated heterocycles. The van der Waals surface area contributed by atoms with Gasteiger partial charge in [0.25, 0.3) is 11.8 Å². The molecule has 2 aromatic rings. The van der Waals surface area contributed by atoms with E-state index in [9.17, 15) is 9.59 Å². The van der Waals surface area contributed by atoms with E-state index in [4.69, 9.17) is 0 Å². The summed E-state index contributed by atoms with van der Waals surface area (Å²) in [5, 5.41) is 3.45. The fourth-order valence-corrected chi connectivity index (χ4v) is 3.07. The van der Waals surface area contributed by atoms with Crippen molar-refractivity contribution in [2.24, 2.45) is 0 Å². The topological polar surface area (TPSA) is 62.3 Å². The Balaban J connectivity index is 1.46. The van der Waals surface area contributed by atoms with E-state index in [1.165, 1.54) is 10.5 Å². The van der Waals surface area contributed by atoms with Crippen molar-refractivity contribution in [3.63, 3.8) is 0 Å². The smallest absolute Gasteiger partial charge is 0.261 e. The van der Waals surface area contributed by atoms with E-state index in [0.29, 0.717) is 17.7 Å². The predicted molar refractivity (Wildman–Crippen MR) is 96.3 cm³/mol. The van der Waals surface area contributed by atoms with Crippen LogP contribution in [0.15, 0.2) is 42.6 Å². The summed E-state index contributed by atoms with van der Waals surface area (Å²) in [7, 11) is 0. The lowest BCUT2D eigenvalue weighted by Crippen LogP contribution is -2.32. The molecule has 2 heterocycles. The van der Waals surface area contributed by atoms with Crippen molar-refractivity contribution < 1.29 is 9.59 Å². The number of aryl methyl sites for hydroxylation is 1. The summed E-state index contributed by atoms with van der Waals surface area (Å²) >= 11 is 0. The van der Waals surface area contributed by atoms with Gasteiger partial charge in [0.1, 0.15) is 0 Å². The van der Waals surface area contributed by atoms with Crippen LogP contribution < -0.4 is 5.32 Å². The molecule has 1 aliphatic rings. The quantitative estimate of drug-likeness (QED) is 0.789.